The highest BCUT2D eigenvalue weighted by Crippen LogP contribution is 2.37. The smallest absolute Gasteiger partial charge is 0.214 e. The lowest BCUT2D eigenvalue weighted by Gasteiger charge is -2.48. The van der Waals surface area contributed by atoms with Crippen LogP contribution in [0.1, 0.15) is 75.1 Å². The number of carbonyl (C=O) groups excluding carboxylic acids is 1. The number of benzene rings is 1. The van der Waals surface area contributed by atoms with Crippen molar-refractivity contribution >= 4 is 27.4 Å². The van der Waals surface area contributed by atoms with E-state index < -0.39 is 10.0 Å². The highest BCUT2D eigenvalue weighted by molar-refractivity contribution is 7.89. The Morgan fingerprint density at radius 3 is 2.17 bits per heavy atom. The van der Waals surface area contributed by atoms with Crippen LogP contribution in [0.2, 0.25) is 5.02 Å². The molecule has 0 bridgehead atoms. The van der Waals surface area contributed by atoms with E-state index in [-0.39, 0.29) is 17.1 Å². The molecule has 0 aromatic heterocycles. The minimum absolute atomic E-state index is 0.0131. The third kappa shape index (κ3) is 5.84. The monoisotopic (exact) mass is 454 g/mol. The van der Waals surface area contributed by atoms with Gasteiger partial charge in [-0.05, 0) is 49.9 Å². The van der Waals surface area contributed by atoms with E-state index in [1.54, 1.807) is 16.4 Å². The number of halogens is 1. The second-order valence-corrected chi connectivity index (χ2v) is 11.3. The van der Waals surface area contributed by atoms with Gasteiger partial charge in [0.1, 0.15) is 0 Å². The summed E-state index contributed by atoms with van der Waals surface area (Å²) >= 11 is 5.96. The third-order valence-electron chi connectivity index (χ3n) is 6.78. The SMILES string of the molecule is CCCS(=O)(=O)N1CCN(C2(CCC(=O)c3ccc(Cl)cc3)CCCCCC2)CC1. The number of nitrogens with zero attached hydrogens (tertiary/aromatic N) is 2. The minimum atomic E-state index is -3.14. The van der Waals surface area contributed by atoms with Gasteiger partial charge in [0.05, 0.1) is 5.75 Å². The van der Waals surface area contributed by atoms with E-state index in [9.17, 15) is 13.2 Å². The van der Waals surface area contributed by atoms with Crippen LogP contribution in [-0.2, 0) is 10.0 Å². The molecular formula is C23H35ClN2O3S. The molecule has 1 saturated carbocycles. The van der Waals surface area contributed by atoms with E-state index in [1.165, 1.54) is 25.7 Å². The van der Waals surface area contributed by atoms with E-state index in [1.807, 2.05) is 19.1 Å². The lowest BCUT2D eigenvalue weighted by atomic mass is 9.82. The second kappa shape index (κ2) is 10.6. The quantitative estimate of drug-likeness (QED) is 0.420. The van der Waals surface area contributed by atoms with Crippen molar-refractivity contribution in [2.24, 2.45) is 0 Å². The molecular weight excluding hydrogens is 420 g/mol. The summed E-state index contributed by atoms with van der Waals surface area (Å²) in [6.45, 7) is 4.56. The predicted molar refractivity (Wildman–Crippen MR) is 123 cm³/mol. The molecule has 2 fully saturated rings. The second-order valence-electron chi connectivity index (χ2n) is 8.77. The molecule has 1 saturated heterocycles. The zero-order valence-corrected chi connectivity index (χ0v) is 19.7. The average Bonchev–Trinajstić information content (AvgIpc) is 2.99. The van der Waals surface area contributed by atoms with Crippen LogP contribution in [-0.4, -0.2) is 60.9 Å². The van der Waals surface area contributed by atoms with Crippen LogP contribution < -0.4 is 0 Å². The van der Waals surface area contributed by atoms with Crippen molar-refractivity contribution in [3.8, 4) is 0 Å². The Morgan fingerprint density at radius 2 is 1.60 bits per heavy atom. The maximum absolute atomic E-state index is 12.8. The summed E-state index contributed by atoms with van der Waals surface area (Å²) in [6.07, 6.45) is 9.08. The highest BCUT2D eigenvalue weighted by atomic mass is 35.5. The van der Waals surface area contributed by atoms with Gasteiger partial charge in [0.15, 0.2) is 5.78 Å². The summed E-state index contributed by atoms with van der Waals surface area (Å²) < 4.78 is 26.6. The molecule has 1 aliphatic carbocycles. The minimum Gasteiger partial charge on any atom is -0.295 e. The van der Waals surface area contributed by atoms with Crippen molar-refractivity contribution in [1.82, 2.24) is 9.21 Å². The molecule has 3 rings (SSSR count). The molecule has 1 aliphatic heterocycles. The molecule has 0 radical (unpaired) electrons. The fraction of sp³-hybridized carbons (Fsp3) is 0.696. The average molecular weight is 455 g/mol. The molecule has 0 N–H and O–H groups in total. The molecule has 2 aliphatic rings. The number of hydrogen-bond acceptors (Lipinski definition) is 4. The summed E-state index contributed by atoms with van der Waals surface area (Å²) in [5.41, 5.74) is 0.734. The first-order valence-electron chi connectivity index (χ1n) is 11.4. The number of Topliss-reactive ketones (excluding diaryl/α,β-unsaturated/α-hetero) is 1. The molecule has 0 amide bonds. The van der Waals surface area contributed by atoms with Gasteiger partial charge < -0.3 is 0 Å². The molecule has 0 spiro atoms. The zero-order valence-electron chi connectivity index (χ0n) is 18.1. The van der Waals surface area contributed by atoms with E-state index in [0.717, 1.165) is 37.9 Å². The van der Waals surface area contributed by atoms with Gasteiger partial charge in [0.25, 0.3) is 0 Å². The summed E-state index contributed by atoms with van der Waals surface area (Å²) in [5.74, 6) is 0.396. The maximum atomic E-state index is 12.8. The number of piperazine rings is 1. The van der Waals surface area contributed by atoms with Crippen LogP contribution in [0.3, 0.4) is 0 Å². The summed E-state index contributed by atoms with van der Waals surface area (Å²) in [5, 5.41) is 0.641. The van der Waals surface area contributed by atoms with Crippen LogP contribution in [0.5, 0.6) is 0 Å². The maximum Gasteiger partial charge on any atom is 0.214 e. The fourth-order valence-corrected chi connectivity index (χ4v) is 6.68. The molecule has 7 heteroatoms. The Bertz CT molecular complexity index is 794. The largest absolute Gasteiger partial charge is 0.295 e. The summed E-state index contributed by atoms with van der Waals surface area (Å²) in [6, 6.07) is 7.15. The van der Waals surface area contributed by atoms with Crippen LogP contribution in [0, 0.1) is 0 Å². The molecule has 1 heterocycles. The van der Waals surface area contributed by atoms with E-state index >= 15 is 0 Å². The first kappa shape index (κ1) is 23.7. The number of rotatable bonds is 8. The van der Waals surface area contributed by atoms with Crippen LogP contribution in [0.25, 0.3) is 0 Å². The van der Waals surface area contributed by atoms with Gasteiger partial charge in [0, 0.05) is 48.7 Å². The van der Waals surface area contributed by atoms with Gasteiger partial charge in [-0.1, -0.05) is 44.2 Å². The van der Waals surface area contributed by atoms with Gasteiger partial charge in [-0.25, -0.2) is 8.42 Å². The molecule has 0 unspecified atom stereocenters. The van der Waals surface area contributed by atoms with Crippen molar-refractivity contribution in [3.63, 3.8) is 0 Å². The molecule has 1 aromatic carbocycles. The van der Waals surface area contributed by atoms with E-state index in [4.69, 9.17) is 11.6 Å². The Morgan fingerprint density at radius 1 is 1.00 bits per heavy atom. The summed E-state index contributed by atoms with van der Waals surface area (Å²) in [7, 11) is -3.14. The van der Waals surface area contributed by atoms with Crippen molar-refractivity contribution < 1.29 is 13.2 Å². The lowest BCUT2D eigenvalue weighted by molar-refractivity contribution is 0.0320. The number of sulfonamides is 1. The van der Waals surface area contributed by atoms with Gasteiger partial charge in [-0.2, -0.15) is 4.31 Å². The fourth-order valence-electron chi connectivity index (χ4n) is 5.07. The Hall–Kier alpha value is -0.950. The van der Waals surface area contributed by atoms with Gasteiger partial charge >= 0.3 is 0 Å². The van der Waals surface area contributed by atoms with Crippen LogP contribution in [0.15, 0.2) is 24.3 Å². The number of carbonyl (C=O) groups is 1. The van der Waals surface area contributed by atoms with Crippen molar-refractivity contribution in [2.75, 3.05) is 31.9 Å². The first-order chi connectivity index (χ1) is 14.4. The third-order valence-corrected chi connectivity index (χ3v) is 9.11. The van der Waals surface area contributed by atoms with Crippen molar-refractivity contribution in [2.45, 2.75) is 70.3 Å². The topological polar surface area (TPSA) is 57.7 Å². The number of hydrogen-bond donors (Lipinski definition) is 0. The molecule has 1 aromatic rings. The summed E-state index contributed by atoms with van der Waals surface area (Å²) in [4.78, 5) is 15.3. The van der Waals surface area contributed by atoms with E-state index in [0.29, 0.717) is 31.0 Å². The molecule has 30 heavy (non-hydrogen) atoms. The number of ketones is 1. The Balaban J connectivity index is 1.68. The van der Waals surface area contributed by atoms with Gasteiger partial charge in [-0.15, -0.1) is 0 Å². The van der Waals surface area contributed by atoms with Gasteiger partial charge in [0.2, 0.25) is 10.0 Å². The zero-order chi connectivity index (χ0) is 21.6. The highest BCUT2D eigenvalue weighted by Gasteiger charge is 2.40. The lowest BCUT2D eigenvalue weighted by Crippen LogP contribution is -2.58. The van der Waals surface area contributed by atoms with E-state index in [2.05, 4.69) is 4.90 Å². The Labute approximate surface area is 186 Å². The standard InChI is InChI=1S/C23H35ClN2O3S/c1-2-19-30(28,29)26-17-15-25(16-18-26)23(12-5-3-4-6-13-23)14-11-22(27)20-7-9-21(24)10-8-20/h7-10H,2-6,11-19H2,1H3. The van der Waals surface area contributed by atoms with Crippen LogP contribution >= 0.6 is 11.6 Å². The predicted octanol–water partition coefficient (Wildman–Crippen LogP) is 4.75. The Kier molecular flexibility index (Phi) is 8.36. The van der Waals surface area contributed by atoms with Crippen molar-refractivity contribution in [3.05, 3.63) is 34.9 Å². The normalized spacial score (nSPS) is 21.3. The molecule has 5 nitrogen and oxygen atoms in total. The molecule has 168 valence electrons. The van der Waals surface area contributed by atoms with Crippen molar-refractivity contribution in [1.29, 1.82) is 0 Å². The molecule has 0 atom stereocenters. The van der Waals surface area contributed by atoms with Crippen LogP contribution in [0.4, 0.5) is 0 Å². The van der Waals surface area contributed by atoms with Gasteiger partial charge in [-0.3, -0.25) is 9.69 Å². The first-order valence-corrected chi connectivity index (χ1v) is 13.4.